The fourth-order valence-corrected chi connectivity index (χ4v) is 4.95. The summed E-state index contributed by atoms with van der Waals surface area (Å²) >= 11 is 0. The third kappa shape index (κ3) is 3.46. The highest BCUT2D eigenvalue weighted by molar-refractivity contribution is 6.07. The smallest absolute Gasteiger partial charge is 0.261 e. The Hall–Kier alpha value is -3.94. The van der Waals surface area contributed by atoms with Gasteiger partial charge in [0.25, 0.3) is 5.91 Å². The summed E-state index contributed by atoms with van der Waals surface area (Å²) in [5, 5.41) is 0. The number of likely N-dealkylation sites (N-methyl/N-ethyl adjacent to an activating group) is 1. The van der Waals surface area contributed by atoms with Crippen LogP contribution in [0, 0.1) is 5.95 Å². The quantitative estimate of drug-likeness (QED) is 0.600. The zero-order valence-corrected chi connectivity index (χ0v) is 19.2. The summed E-state index contributed by atoms with van der Waals surface area (Å²) in [7, 11) is 3.23. The Morgan fingerprint density at radius 2 is 2.03 bits per heavy atom. The number of nitrogens with zero attached hydrogens (tertiary/aromatic N) is 3. The molecule has 0 fully saturated rings. The van der Waals surface area contributed by atoms with Crippen molar-refractivity contribution in [1.82, 2.24) is 9.88 Å². The molecule has 2 aliphatic heterocycles. The van der Waals surface area contributed by atoms with Crippen LogP contribution >= 0.6 is 0 Å². The Labute approximate surface area is 197 Å². The number of guanidine groups is 1. The Morgan fingerprint density at radius 1 is 1.21 bits per heavy atom. The number of pyridine rings is 1. The topological polar surface area (TPSA) is 90.0 Å². The summed E-state index contributed by atoms with van der Waals surface area (Å²) in [5.41, 5.74) is 6.57. The second-order valence-electron chi connectivity index (χ2n) is 9.00. The van der Waals surface area contributed by atoms with E-state index in [0.29, 0.717) is 28.9 Å². The van der Waals surface area contributed by atoms with E-state index >= 15 is 0 Å². The van der Waals surface area contributed by atoms with Crippen LogP contribution in [0.1, 0.15) is 24.5 Å². The van der Waals surface area contributed by atoms with Gasteiger partial charge in [0, 0.05) is 37.2 Å². The van der Waals surface area contributed by atoms with Crippen LogP contribution in [-0.2, 0) is 16.8 Å². The van der Waals surface area contributed by atoms with Gasteiger partial charge in [-0.3, -0.25) is 9.69 Å². The number of ether oxygens (including phenoxy) is 2. The summed E-state index contributed by atoms with van der Waals surface area (Å²) in [4.78, 5) is 23.4. The molecule has 2 atom stereocenters. The predicted molar refractivity (Wildman–Crippen MR) is 126 cm³/mol. The van der Waals surface area contributed by atoms with Crippen LogP contribution in [0.4, 0.5) is 4.39 Å². The fraction of sp³-hybridized carbons (Fsp3) is 0.269. The Balaban J connectivity index is 1.63. The minimum atomic E-state index is -1.27. The van der Waals surface area contributed by atoms with Gasteiger partial charge in [0.05, 0.1) is 7.11 Å². The number of halogens is 1. The molecule has 2 aromatic carbocycles. The van der Waals surface area contributed by atoms with Crippen molar-refractivity contribution in [2.75, 3.05) is 14.2 Å². The molecule has 0 saturated heterocycles. The van der Waals surface area contributed by atoms with Crippen molar-refractivity contribution in [2.45, 2.75) is 30.9 Å². The van der Waals surface area contributed by atoms with E-state index in [1.165, 1.54) is 11.1 Å². The van der Waals surface area contributed by atoms with Crippen molar-refractivity contribution in [3.8, 4) is 22.6 Å². The highest BCUT2D eigenvalue weighted by atomic mass is 19.1. The number of nitrogens with two attached hydrogens (primary N) is 1. The molecule has 3 heterocycles. The van der Waals surface area contributed by atoms with Crippen LogP contribution in [0.5, 0.6) is 11.5 Å². The number of aliphatic imine (C=N–C) groups is 1. The predicted octanol–water partition coefficient (Wildman–Crippen LogP) is 3.66. The van der Waals surface area contributed by atoms with Crippen LogP contribution < -0.4 is 15.2 Å². The molecule has 174 valence electrons. The lowest BCUT2D eigenvalue weighted by atomic mass is 9.74. The summed E-state index contributed by atoms with van der Waals surface area (Å²) in [6.45, 7) is 1.96. The molecule has 8 heteroatoms. The van der Waals surface area contributed by atoms with Crippen molar-refractivity contribution in [3.05, 3.63) is 77.9 Å². The van der Waals surface area contributed by atoms with Crippen LogP contribution in [0.25, 0.3) is 11.1 Å². The van der Waals surface area contributed by atoms with Gasteiger partial charge in [0.1, 0.15) is 17.1 Å². The minimum absolute atomic E-state index is 0.138. The highest BCUT2D eigenvalue weighted by Gasteiger charge is 2.56. The van der Waals surface area contributed by atoms with Gasteiger partial charge in [0.15, 0.2) is 11.5 Å². The van der Waals surface area contributed by atoms with Crippen LogP contribution in [0.2, 0.25) is 0 Å². The first-order chi connectivity index (χ1) is 16.2. The number of fused-ring (bicyclic) bond motifs is 2. The molecule has 2 aliphatic rings. The van der Waals surface area contributed by atoms with E-state index in [9.17, 15) is 9.18 Å². The number of benzene rings is 2. The molecule has 7 nitrogen and oxygen atoms in total. The lowest BCUT2D eigenvalue weighted by Gasteiger charge is -2.43. The molecule has 1 aromatic heterocycles. The van der Waals surface area contributed by atoms with Crippen molar-refractivity contribution in [3.63, 3.8) is 0 Å². The number of methoxy groups -OCH3 is 1. The van der Waals surface area contributed by atoms with Gasteiger partial charge >= 0.3 is 0 Å². The van der Waals surface area contributed by atoms with Crippen LogP contribution in [0.3, 0.4) is 0 Å². The maximum absolute atomic E-state index is 14.4. The van der Waals surface area contributed by atoms with Gasteiger partial charge < -0.3 is 15.2 Å². The van der Waals surface area contributed by atoms with Gasteiger partial charge in [0.2, 0.25) is 5.95 Å². The molecule has 0 aliphatic carbocycles. The van der Waals surface area contributed by atoms with Gasteiger partial charge in [-0.25, -0.2) is 9.98 Å². The molecule has 0 bridgehead atoms. The SMILES string of the molecule is COc1cccc(C[C@]2(C)CC3(N=C(N)N(C)C3=O)c3cc(-c4cccnc4F)ccc3O2)c1. The van der Waals surface area contributed by atoms with Crippen molar-refractivity contribution in [2.24, 2.45) is 10.7 Å². The molecule has 2 N–H and O–H groups in total. The summed E-state index contributed by atoms with van der Waals surface area (Å²) < 4.78 is 26.3. The zero-order chi connectivity index (χ0) is 24.1. The first-order valence-corrected chi connectivity index (χ1v) is 11.0. The Kier molecular flexibility index (Phi) is 5.04. The zero-order valence-electron chi connectivity index (χ0n) is 19.2. The van der Waals surface area contributed by atoms with Crippen LogP contribution in [0.15, 0.2) is 65.8 Å². The maximum atomic E-state index is 14.4. The Morgan fingerprint density at radius 3 is 2.74 bits per heavy atom. The second kappa shape index (κ2) is 7.83. The van der Waals surface area contributed by atoms with E-state index in [2.05, 4.69) is 9.98 Å². The lowest BCUT2D eigenvalue weighted by molar-refractivity contribution is -0.133. The fourth-order valence-electron chi connectivity index (χ4n) is 4.95. The van der Waals surface area contributed by atoms with Crippen molar-refractivity contribution >= 4 is 11.9 Å². The summed E-state index contributed by atoms with van der Waals surface area (Å²) in [5.74, 6) is 0.572. The van der Waals surface area contributed by atoms with E-state index in [-0.39, 0.29) is 18.3 Å². The van der Waals surface area contributed by atoms with Gasteiger partial charge in [-0.05, 0) is 54.4 Å². The highest BCUT2D eigenvalue weighted by Crippen LogP contribution is 2.50. The molecule has 3 aromatic rings. The van der Waals surface area contributed by atoms with E-state index < -0.39 is 17.1 Å². The molecule has 0 saturated carbocycles. The van der Waals surface area contributed by atoms with Gasteiger partial charge in [-0.1, -0.05) is 18.2 Å². The van der Waals surface area contributed by atoms with Crippen molar-refractivity contribution in [1.29, 1.82) is 0 Å². The molecular weight excluding hydrogens is 435 g/mol. The Bertz CT molecular complexity index is 1330. The second-order valence-corrected chi connectivity index (χ2v) is 9.00. The number of amides is 1. The molecule has 1 spiro atoms. The molecular formula is C26H25FN4O3. The van der Waals surface area contributed by atoms with E-state index in [4.69, 9.17) is 15.2 Å². The van der Waals surface area contributed by atoms with Gasteiger partial charge in [-0.15, -0.1) is 0 Å². The third-order valence-electron chi connectivity index (χ3n) is 6.50. The average molecular weight is 461 g/mol. The number of carbonyl (C=O) groups is 1. The minimum Gasteiger partial charge on any atom is -0.497 e. The molecule has 1 unspecified atom stereocenters. The monoisotopic (exact) mass is 460 g/mol. The maximum Gasteiger partial charge on any atom is 0.261 e. The summed E-state index contributed by atoms with van der Waals surface area (Å²) in [6, 6.07) is 16.3. The average Bonchev–Trinajstić information content (AvgIpc) is 3.02. The first kappa shape index (κ1) is 21.9. The molecule has 1 amide bonds. The third-order valence-corrected chi connectivity index (χ3v) is 6.50. The normalized spacial score (nSPS) is 23.5. The van der Waals surface area contributed by atoms with Crippen molar-refractivity contribution < 1.29 is 18.7 Å². The number of hydrogen-bond donors (Lipinski definition) is 1. The molecule has 5 rings (SSSR count). The molecule has 0 radical (unpaired) electrons. The first-order valence-electron chi connectivity index (χ1n) is 11.0. The number of carbonyl (C=O) groups excluding carboxylic acids is 1. The van der Waals surface area contributed by atoms with E-state index in [1.807, 2.05) is 31.2 Å². The number of aromatic nitrogens is 1. The summed E-state index contributed by atoms with van der Waals surface area (Å²) in [6.07, 6.45) is 2.19. The van der Waals surface area contributed by atoms with E-state index in [1.54, 1.807) is 44.5 Å². The van der Waals surface area contributed by atoms with E-state index in [0.717, 1.165) is 11.3 Å². The number of hydrogen-bond acceptors (Lipinski definition) is 6. The standard InChI is InChI=1S/C26H25FN4O3/c1-25(14-16-6-4-7-18(12-16)33-3)15-26(23(32)31(2)24(28)30-26)20-13-17(9-10-21(20)34-25)19-8-5-11-29-22(19)27/h4-13H,14-15H2,1-3H3,(H2,28,30)/t25-,26?/m1/s1. The lowest BCUT2D eigenvalue weighted by Crippen LogP contribution is -2.51. The van der Waals surface area contributed by atoms with Gasteiger partial charge in [-0.2, -0.15) is 4.39 Å². The van der Waals surface area contributed by atoms with Crippen LogP contribution in [-0.4, -0.2) is 41.5 Å². The number of rotatable bonds is 4. The largest absolute Gasteiger partial charge is 0.497 e. The molecule has 34 heavy (non-hydrogen) atoms.